The van der Waals surface area contributed by atoms with Gasteiger partial charge in [-0.1, -0.05) is 6.92 Å². The van der Waals surface area contributed by atoms with Gasteiger partial charge in [-0.25, -0.2) is 5.01 Å². The molecule has 86 valence electrons. The number of nitrogens with zero attached hydrogens (tertiary/aromatic N) is 1. The molecule has 5 nitrogen and oxygen atoms in total. The van der Waals surface area contributed by atoms with Crippen molar-refractivity contribution in [2.24, 2.45) is 0 Å². The number of rotatable bonds is 5. The molecule has 1 rings (SSSR count). The predicted octanol–water partition coefficient (Wildman–Crippen LogP) is -0.141. The summed E-state index contributed by atoms with van der Waals surface area (Å²) in [5.74, 6) is 0. The van der Waals surface area contributed by atoms with Crippen molar-refractivity contribution in [3.05, 3.63) is 0 Å². The Morgan fingerprint density at radius 1 is 1.14 bits per heavy atom. The van der Waals surface area contributed by atoms with Crippen molar-refractivity contribution < 1.29 is 13.3 Å². The summed E-state index contributed by atoms with van der Waals surface area (Å²) in [4.78, 5) is 0. The molecule has 1 heterocycles. The van der Waals surface area contributed by atoms with Crippen LogP contribution in [0.3, 0.4) is 0 Å². The molecule has 0 spiro atoms. The Kier molecular flexibility index (Phi) is 9.58. The van der Waals surface area contributed by atoms with E-state index >= 15 is 0 Å². The van der Waals surface area contributed by atoms with Gasteiger partial charge < -0.3 is 13.3 Å². The highest BCUT2D eigenvalue weighted by Gasteiger charge is 2.10. The Morgan fingerprint density at radius 3 is 1.71 bits per heavy atom. The average Bonchev–Trinajstić information content (AvgIpc) is 2.15. The van der Waals surface area contributed by atoms with Gasteiger partial charge in [0, 0.05) is 41.0 Å². The zero-order chi connectivity index (χ0) is 10.8. The first kappa shape index (κ1) is 14.0. The van der Waals surface area contributed by atoms with Crippen molar-refractivity contribution in [3.8, 4) is 0 Å². The topological polar surface area (TPSA) is 43.0 Å². The molecule has 1 aliphatic heterocycles. The van der Waals surface area contributed by atoms with Crippen molar-refractivity contribution in [3.63, 3.8) is 0 Å². The molecule has 0 radical (unpaired) electrons. The summed E-state index contributed by atoms with van der Waals surface area (Å²) < 4.78 is 14.2. The maximum absolute atomic E-state index is 4.74. The van der Waals surface area contributed by atoms with E-state index in [1.54, 1.807) is 21.3 Å². The van der Waals surface area contributed by atoms with E-state index in [9.17, 15) is 0 Å². The fraction of sp³-hybridized carbons (Fsp3) is 1.00. The Hall–Kier alpha value is 0.0169. The van der Waals surface area contributed by atoms with Crippen LogP contribution in [0, 0.1) is 0 Å². The number of hydrogen-bond donors (Lipinski definition) is 1. The molecule has 0 atom stereocenters. The first-order valence-corrected chi connectivity index (χ1v) is 6.26. The second kappa shape index (κ2) is 9.57. The molecule has 6 heteroatoms. The maximum Gasteiger partial charge on any atom is 0.483 e. The van der Waals surface area contributed by atoms with Crippen LogP contribution in [0.4, 0.5) is 0 Å². The van der Waals surface area contributed by atoms with Crippen LogP contribution in [0.1, 0.15) is 13.3 Å². The summed E-state index contributed by atoms with van der Waals surface area (Å²) in [5, 5.41) is 2.24. The second-order valence-corrected chi connectivity index (χ2v) is 4.84. The van der Waals surface area contributed by atoms with Gasteiger partial charge in [0.15, 0.2) is 0 Å². The largest absolute Gasteiger partial charge is 0.483 e. The average molecular weight is 222 g/mol. The predicted molar refractivity (Wildman–Crippen MR) is 58.0 cm³/mol. The van der Waals surface area contributed by atoms with E-state index in [-0.39, 0.29) is 0 Å². The minimum Gasteiger partial charge on any atom is -0.379 e. The summed E-state index contributed by atoms with van der Waals surface area (Å²) in [6.45, 7) is 5.68. The Bertz CT molecular complexity index is 116. The standard InChI is InChI=1S/C5H12N2.C3H10O3Si/c1-2-6-7-4-3-5-7;1-4-7(5-2)6-3/h6H,2-5H2,1H3;7H,1-3H3. The van der Waals surface area contributed by atoms with Crippen LogP contribution in [0.15, 0.2) is 0 Å². The second-order valence-electron chi connectivity index (χ2n) is 2.85. The molecule has 1 saturated heterocycles. The Labute approximate surface area is 88.3 Å². The molecule has 0 aromatic rings. The third kappa shape index (κ3) is 6.47. The molecule has 0 aromatic carbocycles. The number of hydrogen-bond acceptors (Lipinski definition) is 5. The van der Waals surface area contributed by atoms with Crippen molar-refractivity contribution in [1.29, 1.82) is 0 Å². The van der Waals surface area contributed by atoms with E-state index in [2.05, 4.69) is 17.4 Å². The molecular weight excluding hydrogens is 200 g/mol. The van der Waals surface area contributed by atoms with Crippen LogP contribution in [-0.2, 0) is 13.3 Å². The lowest BCUT2D eigenvalue weighted by Crippen LogP contribution is -2.47. The molecule has 1 fully saturated rings. The lowest BCUT2D eigenvalue weighted by Gasteiger charge is -2.30. The first-order valence-electron chi connectivity index (χ1n) is 4.85. The lowest BCUT2D eigenvalue weighted by molar-refractivity contribution is 0.112. The van der Waals surface area contributed by atoms with Crippen LogP contribution < -0.4 is 5.43 Å². The van der Waals surface area contributed by atoms with E-state index in [0.29, 0.717) is 0 Å². The molecule has 0 bridgehead atoms. The van der Waals surface area contributed by atoms with Crippen molar-refractivity contribution in [1.82, 2.24) is 10.4 Å². The Morgan fingerprint density at radius 2 is 1.64 bits per heavy atom. The van der Waals surface area contributed by atoms with Crippen molar-refractivity contribution >= 4 is 9.53 Å². The lowest BCUT2D eigenvalue weighted by atomic mass is 10.3. The van der Waals surface area contributed by atoms with Gasteiger partial charge in [-0.2, -0.15) is 0 Å². The van der Waals surface area contributed by atoms with Crippen LogP contribution in [-0.4, -0.2) is 55.5 Å². The molecule has 0 unspecified atom stereocenters. The highest BCUT2D eigenvalue weighted by atomic mass is 28.3. The smallest absolute Gasteiger partial charge is 0.379 e. The minimum absolute atomic E-state index is 1.07. The van der Waals surface area contributed by atoms with E-state index in [1.165, 1.54) is 19.5 Å². The van der Waals surface area contributed by atoms with Crippen LogP contribution >= 0.6 is 0 Å². The van der Waals surface area contributed by atoms with Crippen molar-refractivity contribution in [2.75, 3.05) is 41.0 Å². The zero-order valence-electron chi connectivity index (χ0n) is 9.58. The SMILES string of the molecule is CCNN1CCC1.CO[SiH](OC)OC. The molecule has 0 amide bonds. The highest BCUT2D eigenvalue weighted by Crippen LogP contribution is 1.99. The molecule has 1 aliphatic rings. The van der Waals surface area contributed by atoms with Crippen LogP contribution in [0.25, 0.3) is 0 Å². The molecular formula is C8H22N2O3Si. The molecule has 1 N–H and O–H groups in total. The maximum atomic E-state index is 4.74. The molecule has 0 aliphatic carbocycles. The van der Waals surface area contributed by atoms with Crippen molar-refractivity contribution in [2.45, 2.75) is 13.3 Å². The highest BCUT2D eigenvalue weighted by molar-refractivity contribution is 6.36. The van der Waals surface area contributed by atoms with Gasteiger partial charge in [-0.3, -0.25) is 5.43 Å². The number of nitrogens with one attached hydrogen (secondary N) is 1. The van der Waals surface area contributed by atoms with Gasteiger partial charge in [0.25, 0.3) is 0 Å². The fourth-order valence-corrected chi connectivity index (χ4v) is 1.56. The summed E-state index contributed by atoms with van der Waals surface area (Å²) in [5.41, 5.74) is 3.22. The van der Waals surface area contributed by atoms with Gasteiger partial charge in [0.1, 0.15) is 0 Å². The summed E-state index contributed by atoms with van der Waals surface area (Å²) in [6, 6.07) is 0. The summed E-state index contributed by atoms with van der Waals surface area (Å²) in [7, 11) is 3.05. The minimum atomic E-state index is -1.67. The summed E-state index contributed by atoms with van der Waals surface area (Å²) in [6.07, 6.45) is 1.37. The number of hydrazine groups is 1. The van der Waals surface area contributed by atoms with E-state index in [0.717, 1.165) is 6.54 Å². The third-order valence-electron chi connectivity index (χ3n) is 1.82. The van der Waals surface area contributed by atoms with Crippen LogP contribution in [0.5, 0.6) is 0 Å². The molecule has 0 aromatic heterocycles. The normalized spacial score (nSPS) is 16.1. The molecule has 0 saturated carbocycles. The van der Waals surface area contributed by atoms with E-state index in [1.807, 2.05) is 0 Å². The molecule has 14 heavy (non-hydrogen) atoms. The fourth-order valence-electron chi connectivity index (χ4n) is 0.987. The first-order chi connectivity index (χ1) is 6.78. The van der Waals surface area contributed by atoms with Gasteiger partial charge in [-0.15, -0.1) is 0 Å². The Balaban J connectivity index is 0.000000241. The van der Waals surface area contributed by atoms with E-state index < -0.39 is 9.53 Å². The zero-order valence-corrected chi connectivity index (χ0v) is 10.7. The van der Waals surface area contributed by atoms with Gasteiger partial charge in [-0.05, 0) is 6.42 Å². The summed E-state index contributed by atoms with van der Waals surface area (Å²) >= 11 is 0. The third-order valence-corrected chi connectivity index (χ3v) is 2.97. The van der Waals surface area contributed by atoms with E-state index in [4.69, 9.17) is 13.3 Å². The van der Waals surface area contributed by atoms with Gasteiger partial charge in [0.05, 0.1) is 0 Å². The quantitative estimate of drug-likeness (QED) is 0.656. The van der Waals surface area contributed by atoms with Gasteiger partial charge in [0.2, 0.25) is 0 Å². The van der Waals surface area contributed by atoms with Gasteiger partial charge >= 0.3 is 9.53 Å². The van der Waals surface area contributed by atoms with Crippen LogP contribution in [0.2, 0.25) is 0 Å². The monoisotopic (exact) mass is 222 g/mol.